The molecule has 0 aliphatic heterocycles. The molecule has 2 aromatic carbocycles. The van der Waals surface area contributed by atoms with Gasteiger partial charge in [-0.25, -0.2) is 4.98 Å². The number of amides is 1. The van der Waals surface area contributed by atoms with Crippen molar-refractivity contribution in [3.05, 3.63) is 109 Å². The normalized spacial score (nSPS) is 10.9. The monoisotopic (exact) mass is 448 g/mol. The van der Waals surface area contributed by atoms with Crippen molar-refractivity contribution in [3.63, 3.8) is 0 Å². The van der Waals surface area contributed by atoms with Crippen LogP contribution in [0.1, 0.15) is 28.4 Å². The maximum absolute atomic E-state index is 12.7. The van der Waals surface area contributed by atoms with E-state index in [0.717, 1.165) is 11.1 Å². The van der Waals surface area contributed by atoms with Crippen LogP contribution in [0.2, 0.25) is 5.02 Å². The Morgan fingerprint density at radius 3 is 2.41 bits per heavy atom. The van der Waals surface area contributed by atoms with E-state index in [0.29, 0.717) is 34.8 Å². The highest BCUT2D eigenvalue weighted by Crippen LogP contribution is 2.15. The van der Waals surface area contributed by atoms with E-state index in [1.807, 2.05) is 18.2 Å². The maximum Gasteiger partial charge on any atom is 0.318 e. The number of benzene rings is 2. The molecule has 2 aromatic heterocycles. The van der Waals surface area contributed by atoms with Crippen molar-refractivity contribution in [2.45, 2.75) is 26.6 Å². The van der Waals surface area contributed by atoms with Crippen LogP contribution < -0.4 is 16.4 Å². The second-order valence-electron chi connectivity index (χ2n) is 7.26. The van der Waals surface area contributed by atoms with Crippen molar-refractivity contribution >= 4 is 28.7 Å². The lowest BCUT2D eigenvalue weighted by Gasteiger charge is -2.13. The quantitative estimate of drug-likeness (QED) is 0.459. The van der Waals surface area contributed by atoms with Crippen molar-refractivity contribution in [3.8, 4) is 0 Å². The summed E-state index contributed by atoms with van der Waals surface area (Å²) < 4.78 is 2.80. The molecule has 0 aliphatic carbocycles. The van der Waals surface area contributed by atoms with Gasteiger partial charge in [0.1, 0.15) is 0 Å². The Balaban J connectivity index is 1.56. The van der Waals surface area contributed by atoms with Gasteiger partial charge >= 0.3 is 11.1 Å². The summed E-state index contributed by atoms with van der Waals surface area (Å²) >= 11 is 6.13. The van der Waals surface area contributed by atoms with Gasteiger partial charge in [0.25, 0.3) is 5.91 Å². The molecule has 0 saturated carbocycles. The Kier molecular flexibility index (Phi) is 6.18. The number of nitrogens with zero attached hydrogens (tertiary/aromatic N) is 3. The number of carbonyl (C=O) groups is 1. The average molecular weight is 449 g/mol. The maximum atomic E-state index is 12.7. The van der Waals surface area contributed by atoms with E-state index in [1.165, 1.54) is 9.13 Å². The molecule has 0 atom stereocenters. The molecule has 32 heavy (non-hydrogen) atoms. The number of aryl methyl sites for hydroxylation is 1. The number of rotatable bonds is 6. The molecule has 0 aliphatic rings. The molecule has 7 nitrogen and oxygen atoms in total. The first-order valence-electron chi connectivity index (χ1n) is 10.2. The summed E-state index contributed by atoms with van der Waals surface area (Å²) in [4.78, 5) is 42.0. The third-order valence-corrected chi connectivity index (χ3v) is 5.62. The van der Waals surface area contributed by atoms with Gasteiger partial charge < -0.3 is 5.32 Å². The average Bonchev–Trinajstić information content (AvgIpc) is 2.82. The molecule has 0 radical (unpaired) electrons. The predicted octanol–water partition coefficient (Wildman–Crippen LogP) is 3.21. The summed E-state index contributed by atoms with van der Waals surface area (Å²) in [7, 11) is 0. The highest BCUT2D eigenvalue weighted by molar-refractivity contribution is 6.31. The lowest BCUT2D eigenvalue weighted by atomic mass is 10.1. The molecule has 0 fully saturated rings. The van der Waals surface area contributed by atoms with Crippen LogP contribution in [-0.4, -0.2) is 20.0 Å². The second-order valence-corrected chi connectivity index (χ2v) is 7.67. The number of pyridine rings is 1. The molecule has 0 saturated heterocycles. The standard InChI is InChI=1S/C24H21ClN4O3/c1-2-28-21-20(8-5-13-26-21)29(24(32)23(28)31)15-16-9-11-17(12-10-16)22(30)27-14-18-6-3-4-7-19(18)25/h3-13H,2,14-15H2,1H3,(H,27,30). The van der Waals surface area contributed by atoms with Crippen LogP contribution in [0.15, 0.2) is 76.4 Å². The molecule has 8 heteroatoms. The van der Waals surface area contributed by atoms with E-state index < -0.39 is 11.1 Å². The summed E-state index contributed by atoms with van der Waals surface area (Å²) in [6.45, 7) is 2.68. The summed E-state index contributed by atoms with van der Waals surface area (Å²) in [6, 6.07) is 17.7. The Bertz CT molecular complexity index is 1410. The van der Waals surface area contributed by atoms with Gasteiger partial charge in [0, 0.05) is 29.9 Å². The summed E-state index contributed by atoms with van der Waals surface area (Å²) in [5.74, 6) is -0.228. The second kappa shape index (κ2) is 9.20. The highest BCUT2D eigenvalue weighted by atomic mass is 35.5. The molecule has 2 heterocycles. The minimum atomic E-state index is -0.603. The largest absolute Gasteiger partial charge is 0.348 e. The summed E-state index contributed by atoms with van der Waals surface area (Å²) in [6.07, 6.45) is 1.60. The van der Waals surface area contributed by atoms with Crippen LogP contribution in [0.5, 0.6) is 0 Å². The smallest absolute Gasteiger partial charge is 0.318 e. The fourth-order valence-corrected chi connectivity index (χ4v) is 3.76. The fraction of sp³-hybridized carbons (Fsp3) is 0.167. The number of nitrogens with one attached hydrogen (secondary N) is 1. The molecule has 4 aromatic rings. The summed E-state index contributed by atoms with van der Waals surface area (Å²) in [5.41, 5.74) is 1.95. The first-order valence-corrected chi connectivity index (χ1v) is 10.6. The van der Waals surface area contributed by atoms with Gasteiger partial charge in [-0.15, -0.1) is 0 Å². The van der Waals surface area contributed by atoms with E-state index in [2.05, 4.69) is 10.3 Å². The van der Waals surface area contributed by atoms with Crippen LogP contribution in [-0.2, 0) is 19.6 Å². The zero-order valence-electron chi connectivity index (χ0n) is 17.4. The van der Waals surface area contributed by atoms with Crippen molar-refractivity contribution in [2.75, 3.05) is 0 Å². The molecule has 4 rings (SSSR count). The Hall–Kier alpha value is -3.71. The van der Waals surface area contributed by atoms with Gasteiger partial charge in [-0.3, -0.25) is 23.5 Å². The van der Waals surface area contributed by atoms with Crippen molar-refractivity contribution in [2.24, 2.45) is 0 Å². The topological polar surface area (TPSA) is 86.0 Å². The van der Waals surface area contributed by atoms with Gasteiger partial charge in [0.2, 0.25) is 0 Å². The molecule has 0 bridgehead atoms. The van der Waals surface area contributed by atoms with E-state index >= 15 is 0 Å². The predicted molar refractivity (Wildman–Crippen MR) is 124 cm³/mol. The van der Waals surface area contributed by atoms with Crippen molar-refractivity contribution in [1.82, 2.24) is 19.4 Å². The molecule has 0 spiro atoms. The Labute approximate surface area is 188 Å². The first kappa shape index (κ1) is 21.5. The number of carbonyl (C=O) groups excluding carboxylic acids is 1. The minimum Gasteiger partial charge on any atom is -0.348 e. The molecular formula is C24H21ClN4O3. The van der Waals surface area contributed by atoms with Crippen LogP contribution in [0.4, 0.5) is 0 Å². The first-order chi connectivity index (χ1) is 15.5. The van der Waals surface area contributed by atoms with Gasteiger partial charge in [-0.2, -0.15) is 0 Å². The highest BCUT2D eigenvalue weighted by Gasteiger charge is 2.14. The number of halogens is 1. The van der Waals surface area contributed by atoms with Gasteiger partial charge in [0.15, 0.2) is 5.65 Å². The molecule has 162 valence electrons. The molecule has 1 amide bonds. The van der Waals surface area contributed by atoms with Crippen LogP contribution in [0, 0.1) is 0 Å². The number of aromatic nitrogens is 3. The molecular weight excluding hydrogens is 428 g/mol. The number of hydrogen-bond donors (Lipinski definition) is 1. The van der Waals surface area contributed by atoms with Crippen LogP contribution in [0.3, 0.4) is 0 Å². The summed E-state index contributed by atoms with van der Waals surface area (Å²) in [5, 5.41) is 3.45. The minimum absolute atomic E-state index is 0.197. The third kappa shape index (κ3) is 4.20. The van der Waals surface area contributed by atoms with E-state index in [9.17, 15) is 14.4 Å². The Morgan fingerprint density at radius 1 is 0.969 bits per heavy atom. The van der Waals surface area contributed by atoms with Crippen molar-refractivity contribution < 1.29 is 4.79 Å². The third-order valence-electron chi connectivity index (χ3n) is 5.26. The van der Waals surface area contributed by atoms with E-state index in [4.69, 9.17) is 11.6 Å². The van der Waals surface area contributed by atoms with E-state index in [1.54, 1.807) is 55.6 Å². The molecule has 0 unspecified atom stereocenters. The lowest BCUT2D eigenvalue weighted by Crippen LogP contribution is -2.41. The zero-order valence-corrected chi connectivity index (χ0v) is 18.2. The SMILES string of the molecule is CCn1c(=O)c(=O)n(Cc2ccc(C(=O)NCc3ccccc3Cl)cc2)c2cccnc21. The van der Waals surface area contributed by atoms with Crippen molar-refractivity contribution in [1.29, 1.82) is 0 Å². The lowest BCUT2D eigenvalue weighted by molar-refractivity contribution is 0.0951. The van der Waals surface area contributed by atoms with Crippen LogP contribution >= 0.6 is 11.6 Å². The zero-order chi connectivity index (χ0) is 22.7. The van der Waals surface area contributed by atoms with E-state index in [-0.39, 0.29) is 12.5 Å². The number of fused-ring (bicyclic) bond motifs is 1. The van der Waals surface area contributed by atoms with Gasteiger partial charge in [-0.1, -0.05) is 41.9 Å². The molecule has 1 N–H and O–H groups in total. The van der Waals surface area contributed by atoms with Gasteiger partial charge in [0.05, 0.1) is 12.1 Å². The fourth-order valence-electron chi connectivity index (χ4n) is 3.56. The number of hydrogen-bond acceptors (Lipinski definition) is 4. The van der Waals surface area contributed by atoms with Crippen LogP contribution in [0.25, 0.3) is 11.2 Å². The van der Waals surface area contributed by atoms with Gasteiger partial charge in [-0.05, 0) is 48.4 Å². The Morgan fingerprint density at radius 2 is 1.69 bits per heavy atom.